The lowest BCUT2D eigenvalue weighted by molar-refractivity contribution is 1.06. The van der Waals surface area contributed by atoms with Crippen LogP contribution < -0.4 is 0 Å². The van der Waals surface area contributed by atoms with Gasteiger partial charge >= 0.3 is 0 Å². The molecular weight excluding hydrogens is 244 g/mol. The summed E-state index contributed by atoms with van der Waals surface area (Å²) in [6.45, 7) is 4.84. The van der Waals surface area contributed by atoms with Gasteiger partial charge < -0.3 is 0 Å². The maximum absolute atomic E-state index is 2.42. The standard InChI is InChI=1S/C18H19Si/c1-19(2)18-13-15-10-6-7-11-16(15)17(18)12-14-8-4-3-5-9-14/h3-11,13,19H,12H2,1-2H3. The Balaban J connectivity index is 1.96. The summed E-state index contributed by atoms with van der Waals surface area (Å²) in [5, 5.41) is 1.63. The van der Waals surface area contributed by atoms with E-state index in [1.807, 2.05) is 0 Å². The van der Waals surface area contributed by atoms with Crippen LogP contribution in [-0.4, -0.2) is 8.80 Å². The summed E-state index contributed by atoms with van der Waals surface area (Å²) in [6, 6.07) is 19.6. The van der Waals surface area contributed by atoms with E-state index in [-0.39, 0.29) is 0 Å². The fourth-order valence-electron chi connectivity index (χ4n) is 2.82. The van der Waals surface area contributed by atoms with Crippen molar-refractivity contribution in [3.63, 3.8) is 0 Å². The zero-order valence-corrected chi connectivity index (χ0v) is 12.7. The van der Waals surface area contributed by atoms with Crippen LogP contribution in [0, 0.1) is 5.92 Å². The van der Waals surface area contributed by atoms with Gasteiger partial charge in [0, 0.05) is 5.92 Å². The maximum Gasteiger partial charge on any atom is 0.0608 e. The Kier molecular flexibility index (Phi) is 3.39. The molecule has 0 saturated heterocycles. The second kappa shape index (κ2) is 5.18. The van der Waals surface area contributed by atoms with Crippen LogP contribution in [0.5, 0.6) is 0 Å². The summed E-state index contributed by atoms with van der Waals surface area (Å²) >= 11 is 0. The summed E-state index contributed by atoms with van der Waals surface area (Å²) in [5.41, 5.74) is 4.27. The third-order valence-electron chi connectivity index (χ3n) is 3.79. The molecule has 0 spiro atoms. The Hall–Kier alpha value is -1.60. The molecule has 0 bridgehead atoms. The Morgan fingerprint density at radius 2 is 1.53 bits per heavy atom. The molecule has 0 unspecified atom stereocenters. The van der Waals surface area contributed by atoms with Gasteiger partial charge in [0.2, 0.25) is 0 Å². The van der Waals surface area contributed by atoms with E-state index in [2.05, 4.69) is 73.8 Å². The third kappa shape index (κ3) is 2.43. The van der Waals surface area contributed by atoms with E-state index >= 15 is 0 Å². The molecule has 3 rings (SSSR count). The van der Waals surface area contributed by atoms with Crippen LogP contribution in [0.1, 0.15) is 16.7 Å². The predicted molar refractivity (Wildman–Crippen MR) is 85.8 cm³/mol. The number of rotatable bonds is 3. The Morgan fingerprint density at radius 1 is 0.842 bits per heavy atom. The molecule has 0 aliphatic heterocycles. The van der Waals surface area contributed by atoms with Crippen molar-refractivity contribution in [3.8, 4) is 0 Å². The SMILES string of the molecule is C[SiH](C)C1=Cc2ccccc2[C]1Cc1ccccc1. The van der Waals surface area contributed by atoms with E-state index in [4.69, 9.17) is 0 Å². The van der Waals surface area contributed by atoms with Crippen molar-refractivity contribution < 1.29 is 0 Å². The Bertz CT molecular complexity index is 596. The van der Waals surface area contributed by atoms with Crippen molar-refractivity contribution >= 4 is 14.9 Å². The van der Waals surface area contributed by atoms with Gasteiger partial charge in [0.15, 0.2) is 0 Å². The minimum atomic E-state index is -0.784. The highest BCUT2D eigenvalue weighted by molar-refractivity contribution is 6.66. The van der Waals surface area contributed by atoms with E-state index in [1.54, 1.807) is 11.1 Å². The minimum Gasteiger partial charge on any atom is -0.0722 e. The quantitative estimate of drug-likeness (QED) is 0.725. The molecule has 0 aromatic heterocycles. The molecular formula is C18H19Si. The average Bonchev–Trinajstić information content (AvgIpc) is 2.79. The van der Waals surface area contributed by atoms with E-state index in [0.717, 1.165) is 6.42 Å². The third-order valence-corrected chi connectivity index (χ3v) is 5.55. The zero-order valence-electron chi connectivity index (χ0n) is 11.6. The normalized spacial score (nSPS) is 14.6. The molecule has 0 atom stereocenters. The fraction of sp³-hybridized carbons (Fsp3) is 0.167. The second-order valence-corrected chi connectivity index (χ2v) is 8.41. The molecule has 1 radical (unpaired) electrons. The van der Waals surface area contributed by atoms with Crippen molar-refractivity contribution in [3.05, 3.63) is 82.4 Å². The summed E-state index contributed by atoms with van der Waals surface area (Å²) in [4.78, 5) is 0. The van der Waals surface area contributed by atoms with Gasteiger partial charge in [-0.15, -0.1) is 0 Å². The molecule has 0 N–H and O–H groups in total. The lowest BCUT2D eigenvalue weighted by Gasteiger charge is -2.18. The van der Waals surface area contributed by atoms with Crippen LogP contribution in [-0.2, 0) is 6.42 Å². The molecule has 0 nitrogen and oxygen atoms in total. The Morgan fingerprint density at radius 3 is 2.26 bits per heavy atom. The number of benzene rings is 2. The van der Waals surface area contributed by atoms with Gasteiger partial charge in [-0.25, -0.2) is 0 Å². The molecule has 0 heterocycles. The number of allylic oxidation sites excluding steroid dienone is 1. The van der Waals surface area contributed by atoms with Crippen LogP contribution in [0.4, 0.5) is 0 Å². The lowest BCUT2D eigenvalue weighted by atomic mass is 9.93. The molecule has 0 fully saturated rings. The first-order valence-corrected chi connectivity index (χ1v) is 9.85. The first-order valence-electron chi connectivity index (χ1n) is 6.97. The lowest BCUT2D eigenvalue weighted by Crippen LogP contribution is -2.14. The van der Waals surface area contributed by atoms with Crippen LogP contribution in [0.2, 0.25) is 13.1 Å². The number of hydrogen-bond acceptors (Lipinski definition) is 0. The first-order chi connectivity index (χ1) is 9.25. The van der Waals surface area contributed by atoms with E-state index in [1.165, 1.54) is 16.7 Å². The minimum absolute atomic E-state index is 0.784. The maximum atomic E-state index is 2.42. The number of hydrogen-bond donors (Lipinski definition) is 0. The summed E-state index contributed by atoms with van der Waals surface area (Å²) in [7, 11) is -0.784. The fourth-order valence-corrected chi connectivity index (χ4v) is 4.29. The molecule has 95 valence electrons. The van der Waals surface area contributed by atoms with Crippen LogP contribution in [0.3, 0.4) is 0 Å². The largest absolute Gasteiger partial charge is 0.0722 e. The molecule has 2 aromatic rings. The molecule has 1 aliphatic carbocycles. The molecule has 0 amide bonds. The van der Waals surface area contributed by atoms with E-state index in [0.29, 0.717) is 0 Å². The van der Waals surface area contributed by atoms with Crippen molar-refractivity contribution in [2.24, 2.45) is 0 Å². The van der Waals surface area contributed by atoms with Gasteiger partial charge in [0.1, 0.15) is 0 Å². The van der Waals surface area contributed by atoms with Crippen molar-refractivity contribution in [1.82, 2.24) is 0 Å². The zero-order chi connectivity index (χ0) is 13.2. The summed E-state index contributed by atoms with van der Waals surface area (Å²) in [5.74, 6) is 1.56. The highest BCUT2D eigenvalue weighted by atomic mass is 28.3. The van der Waals surface area contributed by atoms with Crippen LogP contribution in [0.25, 0.3) is 6.08 Å². The van der Waals surface area contributed by atoms with Crippen LogP contribution in [0.15, 0.2) is 59.8 Å². The van der Waals surface area contributed by atoms with Crippen molar-refractivity contribution in [2.75, 3.05) is 0 Å². The summed E-state index contributed by atoms with van der Waals surface area (Å²) in [6.07, 6.45) is 3.49. The predicted octanol–water partition coefficient (Wildman–Crippen LogP) is 4.27. The molecule has 1 heteroatoms. The number of fused-ring (bicyclic) bond motifs is 1. The van der Waals surface area contributed by atoms with Crippen molar-refractivity contribution in [1.29, 1.82) is 0 Å². The molecule has 2 aromatic carbocycles. The van der Waals surface area contributed by atoms with Gasteiger partial charge in [-0.3, -0.25) is 0 Å². The monoisotopic (exact) mass is 263 g/mol. The Labute approximate surface area is 117 Å². The molecule has 0 saturated carbocycles. The van der Waals surface area contributed by atoms with E-state index < -0.39 is 8.80 Å². The highest BCUT2D eigenvalue weighted by Gasteiger charge is 2.27. The average molecular weight is 263 g/mol. The molecule has 19 heavy (non-hydrogen) atoms. The summed E-state index contributed by atoms with van der Waals surface area (Å²) < 4.78 is 0. The topological polar surface area (TPSA) is 0 Å². The molecule has 1 aliphatic rings. The van der Waals surface area contributed by atoms with Gasteiger partial charge in [-0.1, -0.05) is 79.0 Å². The second-order valence-electron chi connectivity index (χ2n) is 5.48. The smallest absolute Gasteiger partial charge is 0.0608 e. The first kappa shape index (κ1) is 12.4. The van der Waals surface area contributed by atoms with Gasteiger partial charge in [0.25, 0.3) is 0 Å². The highest BCUT2D eigenvalue weighted by Crippen LogP contribution is 2.38. The van der Waals surface area contributed by atoms with E-state index in [9.17, 15) is 0 Å². The van der Waals surface area contributed by atoms with Gasteiger partial charge in [-0.05, 0) is 23.1 Å². The van der Waals surface area contributed by atoms with Crippen LogP contribution >= 0.6 is 0 Å². The van der Waals surface area contributed by atoms with Gasteiger partial charge in [0.05, 0.1) is 8.80 Å². The van der Waals surface area contributed by atoms with Gasteiger partial charge in [-0.2, -0.15) is 0 Å². The van der Waals surface area contributed by atoms with Crippen molar-refractivity contribution in [2.45, 2.75) is 19.5 Å².